The molecule has 3 aliphatic heterocycles. The van der Waals surface area contributed by atoms with Gasteiger partial charge in [0.05, 0.1) is 0 Å². The lowest BCUT2D eigenvalue weighted by atomic mass is 9.96. The van der Waals surface area contributed by atoms with Gasteiger partial charge in [-0.2, -0.15) is 0 Å². The van der Waals surface area contributed by atoms with E-state index in [1.807, 2.05) is 42.6 Å². The van der Waals surface area contributed by atoms with Crippen molar-refractivity contribution in [3.05, 3.63) is 82.5 Å². The minimum Gasteiger partial charge on any atom is -0.357 e. The number of nitrogens with one attached hydrogen (secondary N) is 2. The summed E-state index contributed by atoms with van der Waals surface area (Å²) in [4.78, 5) is 45.3. The number of nitrogens with zero attached hydrogens (tertiary/aromatic N) is 3. The summed E-state index contributed by atoms with van der Waals surface area (Å²) in [6.07, 6.45) is 4.76. The first-order chi connectivity index (χ1) is 19.4. The average molecular weight is 558 g/mol. The number of rotatable bonds is 7. The van der Waals surface area contributed by atoms with Crippen LogP contribution in [0.4, 0.5) is 5.82 Å². The summed E-state index contributed by atoms with van der Waals surface area (Å²) < 4.78 is 0. The van der Waals surface area contributed by atoms with E-state index < -0.39 is 6.04 Å². The number of benzene rings is 2. The van der Waals surface area contributed by atoms with Crippen LogP contribution in [0.25, 0.3) is 11.1 Å². The number of carbonyl (C=O) groups is 3. The molecule has 1 aromatic heterocycles. The zero-order valence-electron chi connectivity index (χ0n) is 22.2. The molecule has 1 unspecified atom stereocenters. The van der Waals surface area contributed by atoms with E-state index in [9.17, 15) is 14.4 Å². The summed E-state index contributed by atoms with van der Waals surface area (Å²) in [5, 5.41) is 6.68. The molecule has 40 heavy (non-hydrogen) atoms. The number of pyridine rings is 1. The normalized spacial score (nSPS) is 19.6. The molecule has 8 nitrogen and oxygen atoms in total. The lowest BCUT2D eigenvalue weighted by Gasteiger charge is -2.33. The van der Waals surface area contributed by atoms with Crippen LogP contribution >= 0.6 is 11.6 Å². The van der Waals surface area contributed by atoms with Gasteiger partial charge in [-0.1, -0.05) is 35.9 Å². The van der Waals surface area contributed by atoms with E-state index >= 15 is 0 Å². The van der Waals surface area contributed by atoms with Crippen molar-refractivity contribution in [3.63, 3.8) is 0 Å². The van der Waals surface area contributed by atoms with E-state index in [1.165, 1.54) is 0 Å². The molecule has 1 atom stereocenters. The molecule has 3 aromatic rings. The lowest BCUT2D eigenvalue weighted by molar-refractivity contribution is -0.136. The van der Waals surface area contributed by atoms with Crippen LogP contribution in [0.15, 0.2) is 60.8 Å². The molecule has 0 bridgehead atoms. The van der Waals surface area contributed by atoms with Crippen molar-refractivity contribution in [3.8, 4) is 11.1 Å². The highest BCUT2D eigenvalue weighted by Gasteiger charge is 2.39. The second kappa shape index (κ2) is 11.4. The number of anilines is 1. The number of aromatic nitrogens is 1. The van der Waals surface area contributed by atoms with Crippen LogP contribution in [0.5, 0.6) is 0 Å². The zero-order chi connectivity index (χ0) is 27.6. The van der Waals surface area contributed by atoms with Gasteiger partial charge in [0.15, 0.2) is 0 Å². The monoisotopic (exact) mass is 557 g/mol. The topological polar surface area (TPSA) is 94.6 Å². The summed E-state index contributed by atoms with van der Waals surface area (Å²) in [5.41, 5.74) is 4.84. The van der Waals surface area contributed by atoms with E-state index in [1.54, 1.807) is 4.90 Å². The summed E-state index contributed by atoms with van der Waals surface area (Å²) in [7, 11) is 0. The third-order valence-corrected chi connectivity index (χ3v) is 8.43. The first-order valence-electron chi connectivity index (χ1n) is 13.9. The van der Waals surface area contributed by atoms with Crippen LogP contribution in [0.3, 0.4) is 0 Å². The predicted octanol–water partition coefficient (Wildman–Crippen LogP) is 4.17. The zero-order valence-corrected chi connectivity index (χ0v) is 23.0. The van der Waals surface area contributed by atoms with Gasteiger partial charge in [0.25, 0.3) is 5.91 Å². The molecule has 2 saturated heterocycles. The molecule has 6 rings (SSSR count). The largest absolute Gasteiger partial charge is 0.357 e. The molecule has 0 radical (unpaired) electrons. The average Bonchev–Trinajstić information content (AvgIpc) is 3.29. The van der Waals surface area contributed by atoms with Gasteiger partial charge in [0.1, 0.15) is 11.9 Å². The molecule has 2 fully saturated rings. The van der Waals surface area contributed by atoms with Gasteiger partial charge in [-0.15, -0.1) is 0 Å². The maximum absolute atomic E-state index is 12.9. The number of fused-ring (bicyclic) bond motifs is 1. The Balaban J connectivity index is 0.973. The third-order valence-electron chi connectivity index (χ3n) is 8.19. The van der Waals surface area contributed by atoms with Crippen molar-refractivity contribution >= 4 is 35.1 Å². The van der Waals surface area contributed by atoms with Crippen molar-refractivity contribution in [1.82, 2.24) is 20.5 Å². The van der Waals surface area contributed by atoms with Crippen molar-refractivity contribution < 1.29 is 14.4 Å². The summed E-state index contributed by atoms with van der Waals surface area (Å²) in [5.74, 6) is 0.821. The van der Waals surface area contributed by atoms with Gasteiger partial charge in [-0.05, 0) is 78.7 Å². The Labute approximate surface area is 238 Å². The standard InChI is InChI=1S/C31H32ClN5O3/c32-25-3-1-2-22(15-25)23-5-8-28(34-18-23)36-12-10-20(11-13-36)16-33-17-21-4-6-26-24(14-21)19-37(31(26)40)27-7-9-29(38)35-30(27)39/h1-6,8,14-15,18,20,27,33H,7,9-13,16-17,19H2,(H,35,38,39). The fourth-order valence-corrected chi connectivity index (χ4v) is 6.13. The number of hydrogen-bond acceptors (Lipinski definition) is 6. The molecule has 3 aliphatic rings. The molecule has 0 spiro atoms. The summed E-state index contributed by atoms with van der Waals surface area (Å²) in [6, 6.07) is 17.3. The second-order valence-corrected chi connectivity index (χ2v) is 11.3. The Morgan fingerprint density at radius 3 is 2.58 bits per heavy atom. The lowest BCUT2D eigenvalue weighted by Crippen LogP contribution is -2.52. The van der Waals surface area contributed by atoms with Crippen LogP contribution in [0.1, 0.15) is 47.2 Å². The van der Waals surface area contributed by atoms with E-state index in [0.717, 1.165) is 72.1 Å². The van der Waals surface area contributed by atoms with Gasteiger partial charge < -0.3 is 15.1 Å². The number of amides is 3. The quantitative estimate of drug-likeness (QED) is 0.424. The number of carbonyl (C=O) groups excluding carboxylic acids is 3. The molecular formula is C31H32ClN5O3. The van der Waals surface area contributed by atoms with Gasteiger partial charge >= 0.3 is 0 Å². The van der Waals surface area contributed by atoms with E-state index in [-0.39, 0.29) is 24.1 Å². The highest BCUT2D eigenvalue weighted by Crippen LogP contribution is 2.29. The molecule has 2 aromatic carbocycles. The molecule has 206 valence electrons. The molecule has 3 amide bonds. The van der Waals surface area contributed by atoms with Gasteiger partial charge in [-0.25, -0.2) is 4.98 Å². The fourth-order valence-electron chi connectivity index (χ4n) is 5.94. The number of imide groups is 1. The first-order valence-corrected chi connectivity index (χ1v) is 14.3. The van der Waals surface area contributed by atoms with E-state index in [2.05, 4.69) is 33.7 Å². The summed E-state index contributed by atoms with van der Waals surface area (Å²) >= 11 is 6.13. The van der Waals surface area contributed by atoms with Gasteiger partial charge in [-0.3, -0.25) is 19.7 Å². The Morgan fingerprint density at radius 2 is 1.82 bits per heavy atom. The Morgan fingerprint density at radius 1 is 0.975 bits per heavy atom. The maximum Gasteiger partial charge on any atom is 0.255 e. The van der Waals surface area contributed by atoms with Gasteiger partial charge in [0.2, 0.25) is 11.8 Å². The number of piperidine rings is 2. The highest BCUT2D eigenvalue weighted by molar-refractivity contribution is 6.30. The minimum atomic E-state index is -0.582. The van der Waals surface area contributed by atoms with Crippen LogP contribution in [-0.2, 0) is 22.7 Å². The molecule has 4 heterocycles. The van der Waals surface area contributed by atoms with Crippen molar-refractivity contribution in [1.29, 1.82) is 0 Å². The van der Waals surface area contributed by atoms with Crippen molar-refractivity contribution in [2.75, 3.05) is 24.5 Å². The van der Waals surface area contributed by atoms with Crippen LogP contribution in [-0.4, -0.2) is 53.3 Å². The SMILES string of the molecule is O=C1CCC(N2Cc3cc(CNCC4CCN(c5ccc(-c6cccc(Cl)c6)cn5)CC4)ccc3C2=O)C(=O)N1. The molecular weight excluding hydrogens is 526 g/mol. The molecule has 0 saturated carbocycles. The van der Waals surface area contributed by atoms with E-state index in [4.69, 9.17) is 16.6 Å². The Hall–Kier alpha value is -3.75. The smallest absolute Gasteiger partial charge is 0.255 e. The fraction of sp³-hybridized carbons (Fsp3) is 0.355. The van der Waals surface area contributed by atoms with Crippen LogP contribution < -0.4 is 15.5 Å². The van der Waals surface area contributed by atoms with E-state index in [0.29, 0.717) is 24.4 Å². The highest BCUT2D eigenvalue weighted by atomic mass is 35.5. The van der Waals surface area contributed by atoms with Crippen molar-refractivity contribution in [2.45, 2.75) is 44.8 Å². The second-order valence-electron chi connectivity index (χ2n) is 10.9. The number of halogens is 1. The predicted molar refractivity (Wildman–Crippen MR) is 154 cm³/mol. The first kappa shape index (κ1) is 26.5. The van der Waals surface area contributed by atoms with Gasteiger partial charge in [0, 0.05) is 54.9 Å². The number of hydrogen-bond donors (Lipinski definition) is 2. The Kier molecular flexibility index (Phi) is 7.54. The molecule has 9 heteroatoms. The molecule has 2 N–H and O–H groups in total. The molecule has 0 aliphatic carbocycles. The third kappa shape index (κ3) is 5.60. The summed E-state index contributed by atoms with van der Waals surface area (Å²) in [6.45, 7) is 4.03. The maximum atomic E-state index is 12.9. The minimum absolute atomic E-state index is 0.135. The Bertz CT molecular complexity index is 1440. The van der Waals surface area contributed by atoms with Crippen LogP contribution in [0, 0.1) is 5.92 Å². The van der Waals surface area contributed by atoms with Crippen molar-refractivity contribution in [2.24, 2.45) is 5.92 Å². The van der Waals surface area contributed by atoms with Crippen LogP contribution in [0.2, 0.25) is 5.02 Å².